The Morgan fingerprint density at radius 3 is 2.90 bits per heavy atom. The molecule has 158 valence electrons. The monoisotopic (exact) mass is 408 g/mol. The zero-order valence-corrected chi connectivity index (χ0v) is 17.3. The van der Waals surface area contributed by atoms with E-state index in [0.717, 1.165) is 61.4 Å². The lowest BCUT2D eigenvalue weighted by molar-refractivity contribution is -0.138. The van der Waals surface area contributed by atoms with Crippen LogP contribution in [0.2, 0.25) is 0 Å². The highest BCUT2D eigenvalue weighted by Crippen LogP contribution is 2.31. The molecule has 0 aliphatic carbocycles. The molecule has 0 saturated carbocycles. The Bertz CT molecular complexity index is 1030. The van der Waals surface area contributed by atoms with E-state index in [2.05, 4.69) is 35.3 Å². The normalized spacial score (nSPS) is 15.8. The molecule has 2 heterocycles. The van der Waals surface area contributed by atoms with Crippen LogP contribution in [-0.4, -0.2) is 54.3 Å². The van der Waals surface area contributed by atoms with Gasteiger partial charge in [0, 0.05) is 29.6 Å². The van der Waals surface area contributed by atoms with Crippen LogP contribution < -0.4 is 9.47 Å². The number of methoxy groups -OCH3 is 1. The second kappa shape index (κ2) is 9.22. The standard InChI is InChI=1S/C24H28N2O4/c1-29-22-9-8-17-14-21-19(18-6-2-3-7-20(18)25-21)10-12-26(16-24(27)28)11-4-5-13-30-23(22)15-17/h2-3,6-9,15,25H,4-5,10-14,16H2,1H3,(H,27,28). The number of benzene rings is 2. The van der Waals surface area contributed by atoms with E-state index in [1.807, 2.05) is 17.0 Å². The van der Waals surface area contributed by atoms with Gasteiger partial charge in [0.2, 0.25) is 0 Å². The number of hydrogen-bond acceptors (Lipinski definition) is 4. The fraction of sp³-hybridized carbons (Fsp3) is 0.375. The zero-order valence-electron chi connectivity index (χ0n) is 17.3. The quantitative estimate of drug-likeness (QED) is 0.688. The number of nitrogens with zero attached hydrogens (tertiary/aromatic N) is 1. The molecule has 1 aliphatic rings. The highest BCUT2D eigenvalue weighted by atomic mass is 16.5. The van der Waals surface area contributed by atoms with E-state index in [-0.39, 0.29) is 6.54 Å². The fourth-order valence-electron chi connectivity index (χ4n) is 4.19. The molecule has 0 spiro atoms. The number of carbonyl (C=O) groups is 1. The van der Waals surface area contributed by atoms with Gasteiger partial charge in [0.1, 0.15) is 0 Å². The Morgan fingerprint density at radius 1 is 1.20 bits per heavy atom. The molecule has 1 aromatic heterocycles. The number of ether oxygens (including phenoxy) is 2. The maximum Gasteiger partial charge on any atom is 0.317 e. The van der Waals surface area contributed by atoms with Crippen LogP contribution in [0.5, 0.6) is 11.5 Å². The molecule has 0 unspecified atom stereocenters. The molecular weight excluding hydrogens is 380 g/mol. The molecule has 4 rings (SSSR count). The van der Waals surface area contributed by atoms with Gasteiger partial charge in [0.25, 0.3) is 0 Å². The third-order valence-corrected chi connectivity index (χ3v) is 5.67. The van der Waals surface area contributed by atoms with Crippen molar-refractivity contribution in [1.29, 1.82) is 0 Å². The molecule has 6 nitrogen and oxygen atoms in total. The summed E-state index contributed by atoms with van der Waals surface area (Å²) in [7, 11) is 1.65. The maximum absolute atomic E-state index is 11.3. The lowest BCUT2D eigenvalue weighted by Gasteiger charge is -2.21. The number of aliphatic carboxylic acids is 1. The Morgan fingerprint density at radius 2 is 2.07 bits per heavy atom. The lowest BCUT2D eigenvalue weighted by Crippen LogP contribution is -2.33. The molecule has 0 fully saturated rings. The number of aromatic nitrogens is 1. The zero-order chi connectivity index (χ0) is 20.9. The van der Waals surface area contributed by atoms with Crippen molar-refractivity contribution < 1.29 is 19.4 Å². The highest BCUT2D eigenvalue weighted by Gasteiger charge is 2.17. The van der Waals surface area contributed by atoms with Gasteiger partial charge in [-0.05, 0) is 55.1 Å². The SMILES string of the molecule is COc1ccc2cc1OCCCCN(CC(=O)O)CCc1c([nH]c3ccccc13)C2. The van der Waals surface area contributed by atoms with E-state index >= 15 is 0 Å². The van der Waals surface area contributed by atoms with Crippen LogP contribution in [0, 0.1) is 0 Å². The van der Waals surface area contributed by atoms with Crippen LogP contribution in [-0.2, 0) is 17.6 Å². The first-order valence-corrected chi connectivity index (χ1v) is 10.5. The van der Waals surface area contributed by atoms with Crippen molar-refractivity contribution in [2.45, 2.75) is 25.7 Å². The molecule has 1 aliphatic heterocycles. The van der Waals surface area contributed by atoms with Crippen molar-refractivity contribution in [1.82, 2.24) is 9.88 Å². The Labute approximate surface area is 176 Å². The van der Waals surface area contributed by atoms with E-state index in [4.69, 9.17) is 9.47 Å². The van der Waals surface area contributed by atoms with Crippen LogP contribution in [0.1, 0.15) is 29.7 Å². The van der Waals surface area contributed by atoms with Gasteiger partial charge in [0.05, 0.1) is 20.3 Å². The summed E-state index contributed by atoms with van der Waals surface area (Å²) in [6.07, 6.45) is 3.31. The first-order chi connectivity index (χ1) is 14.6. The molecule has 3 aromatic rings. The summed E-state index contributed by atoms with van der Waals surface area (Å²) >= 11 is 0. The van der Waals surface area contributed by atoms with Crippen LogP contribution in [0.4, 0.5) is 0 Å². The number of rotatable bonds is 3. The van der Waals surface area contributed by atoms with Gasteiger partial charge in [-0.2, -0.15) is 0 Å². The number of nitrogens with one attached hydrogen (secondary N) is 1. The fourth-order valence-corrected chi connectivity index (χ4v) is 4.19. The first-order valence-electron chi connectivity index (χ1n) is 10.5. The van der Waals surface area contributed by atoms with Crippen LogP contribution in [0.25, 0.3) is 10.9 Å². The molecule has 0 saturated heterocycles. The Kier molecular flexibility index (Phi) is 6.23. The van der Waals surface area contributed by atoms with Crippen molar-refractivity contribution in [2.24, 2.45) is 0 Å². The lowest BCUT2D eigenvalue weighted by atomic mass is 10.0. The summed E-state index contributed by atoms with van der Waals surface area (Å²) in [4.78, 5) is 17.0. The minimum absolute atomic E-state index is 0.0609. The van der Waals surface area contributed by atoms with E-state index in [9.17, 15) is 9.90 Å². The van der Waals surface area contributed by atoms with E-state index < -0.39 is 5.97 Å². The first kappa shape index (κ1) is 20.3. The summed E-state index contributed by atoms with van der Waals surface area (Å²) in [6.45, 7) is 2.10. The Hall–Kier alpha value is -2.99. The molecule has 30 heavy (non-hydrogen) atoms. The van der Waals surface area contributed by atoms with E-state index in [1.165, 1.54) is 16.6 Å². The van der Waals surface area contributed by atoms with Crippen LogP contribution >= 0.6 is 0 Å². The van der Waals surface area contributed by atoms with Gasteiger partial charge in [-0.15, -0.1) is 0 Å². The van der Waals surface area contributed by atoms with Gasteiger partial charge >= 0.3 is 5.97 Å². The van der Waals surface area contributed by atoms with Gasteiger partial charge in [-0.3, -0.25) is 9.69 Å². The number of carboxylic acid groups (broad SMARTS) is 1. The van der Waals surface area contributed by atoms with Crippen molar-refractivity contribution in [3.8, 4) is 11.5 Å². The number of hydrogen-bond donors (Lipinski definition) is 2. The average molecular weight is 408 g/mol. The third-order valence-electron chi connectivity index (χ3n) is 5.67. The smallest absolute Gasteiger partial charge is 0.317 e. The highest BCUT2D eigenvalue weighted by molar-refractivity contribution is 5.84. The minimum Gasteiger partial charge on any atom is -0.493 e. The van der Waals surface area contributed by atoms with Crippen molar-refractivity contribution >= 4 is 16.9 Å². The van der Waals surface area contributed by atoms with Gasteiger partial charge in [-0.1, -0.05) is 24.3 Å². The van der Waals surface area contributed by atoms with Gasteiger partial charge in [-0.25, -0.2) is 0 Å². The maximum atomic E-state index is 11.3. The molecule has 0 radical (unpaired) electrons. The summed E-state index contributed by atoms with van der Waals surface area (Å²) in [5.74, 6) is 0.702. The second-order valence-corrected chi connectivity index (χ2v) is 7.77. The molecular formula is C24H28N2O4. The van der Waals surface area contributed by atoms with Crippen LogP contribution in [0.15, 0.2) is 42.5 Å². The largest absolute Gasteiger partial charge is 0.493 e. The van der Waals surface area contributed by atoms with Gasteiger partial charge in [0.15, 0.2) is 11.5 Å². The topological polar surface area (TPSA) is 74.8 Å². The van der Waals surface area contributed by atoms with Crippen molar-refractivity contribution in [2.75, 3.05) is 33.4 Å². The summed E-state index contributed by atoms with van der Waals surface area (Å²) in [5.41, 5.74) is 4.69. The van der Waals surface area contributed by atoms with Crippen molar-refractivity contribution in [3.05, 3.63) is 59.3 Å². The molecule has 0 atom stereocenters. The number of para-hydroxylation sites is 1. The Balaban J connectivity index is 1.71. The molecule has 2 N–H and O–H groups in total. The predicted octanol–water partition coefficient (Wildman–Crippen LogP) is 3.87. The summed E-state index contributed by atoms with van der Waals surface area (Å²) < 4.78 is 11.5. The van der Waals surface area contributed by atoms with Crippen LogP contribution in [0.3, 0.4) is 0 Å². The van der Waals surface area contributed by atoms with E-state index in [0.29, 0.717) is 6.61 Å². The average Bonchev–Trinajstić information content (AvgIpc) is 3.08. The number of H-pyrrole nitrogens is 1. The molecule has 0 amide bonds. The van der Waals surface area contributed by atoms with E-state index in [1.54, 1.807) is 7.11 Å². The number of carboxylic acids is 1. The second-order valence-electron chi connectivity index (χ2n) is 7.77. The summed E-state index contributed by atoms with van der Waals surface area (Å²) in [5, 5.41) is 10.5. The van der Waals surface area contributed by atoms with Crippen molar-refractivity contribution in [3.63, 3.8) is 0 Å². The minimum atomic E-state index is -0.786. The third kappa shape index (κ3) is 4.60. The molecule has 2 aromatic carbocycles. The molecule has 2 bridgehead atoms. The summed E-state index contributed by atoms with van der Waals surface area (Å²) in [6, 6.07) is 14.4. The predicted molar refractivity (Wildman–Crippen MR) is 117 cm³/mol. The molecule has 6 heteroatoms. The number of fused-ring (bicyclic) bond motifs is 5. The number of aromatic amines is 1. The van der Waals surface area contributed by atoms with Gasteiger partial charge < -0.3 is 19.6 Å².